The van der Waals surface area contributed by atoms with Crippen molar-refractivity contribution in [1.82, 2.24) is 36.8 Å². The van der Waals surface area contributed by atoms with Gasteiger partial charge in [0, 0.05) is 30.5 Å². The second-order valence-corrected chi connectivity index (χ2v) is 15.3. The van der Waals surface area contributed by atoms with Crippen molar-refractivity contribution in [2.24, 2.45) is 17.2 Å². The molecule has 0 saturated carbocycles. The zero-order valence-electron chi connectivity index (χ0n) is 30.2. The summed E-state index contributed by atoms with van der Waals surface area (Å²) in [5, 5.41) is 44.8. The van der Waals surface area contributed by atoms with Gasteiger partial charge in [-0.1, -0.05) is 33.7 Å². The molecule has 0 radical (unpaired) electrons. The molecule has 2 aliphatic heterocycles. The number of carboxylic acid groups (broad SMARTS) is 1. The number of rotatable bonds is 7. The minimum atomic E-state index is -1.89. The fourth-order valence-corrected chi connectivity index (χ4v) is 7.81. The predicted octanol–water partition coefficient (Wildman–Crippen LogP) is -6.04. The van der Waals surface area contributed by atoms with E-state index in [2.05, 4.69) is 31.9 Å². The van der Waals surface area contributed by atoms with Crippen molar-refractivity contribution < 1.29 is 63.1 Å². The smallest absolute Gasteiger partial charge is 0.305 e. The van der Waals surface area contributed by atoms with Gasteiger partial charge < -0.3 is 64.2 Å². The topological polar surface area (TPSA) is 408 Å². The first-order chi connectivity index (χ1) is 27.3. The van der Waals surface area contributed by atoms with Crippen molar-refractivity contribution >= 4 is 86.4 Å². The number of nitrogens with zero attached hydrogens (tertiary/aromatic N) is 2. The Morgan fingerprint density at radius 1 is 0.828 bits per heavy atom. The molecule has 1 aromatic rings. The molecule has 0 bridgehead atoms. The first-order valence-electron chi connectivity index (χ1n) is 17.0. The molecular formula is C31H41N11O14S2. The maximum atomic E-state index is 13.5. The molecule has 14 N–H and O–H groups in total. The van der Waals surface area contributed by atoms with E-state index in [9.17, 15) is 68.3 Å². The monoisotopic (exact) mass is 855 g/mol. The van der Waals surface area contributed by atoms with E-state index < -0.39 is 145 Å². The summed E-state index contributed by atoms with van der Waals surface area (Å²) in [7, 11) is 1.82. The third-order valence-electron chi connectivity index (χ3n) is 8.36. The maximum Gasteiger partial charge on any atom is 0.305 e. The number of nitrogens with one attached hydrogen (secondary N) is 6. The highest BCUT2D eigenvalue weighted by Gasteiger charge is 2.41. The van der Waals surface area contributed by atoms with Crippen LogP contribution < -0.4 is 49.1 Å². The van der Waals surface area contributed by atoms with E-state index in [1.165, 1.54) is 12.1 Å². The Morgan fingerprint density at radius 3 is 2.09 bits per heavy atom. The number of hydrogen-bond donors (Lipinski definition) is 11. The van der Waals surface area contributed by atoms with Crippen LogP contribution in [-0.2, 0) is 47.9 Å². The van der Waals surface area contributed by atoms with Crippen molar-refractivity contribution in [2.75, 3.05) is 31.1 Å². The van der Waals surface area contributed by atoms with Crippen LogP contribution in [0.25, 0.3) is 0 Å². The van der Waals surface area contributed by atoms with Crippen molar-refractivity contribution in [3.05, 3.63) is 39.9 Å². The number of fused-ring (bicyclic) bond motifs is 1. The number of aliphatic hydroxyl groups is 1. The Labute approximate surface area is 335 Å². The summed E-state index contributed by atoms with van der Waals surface area (Å²) in [5.41, 5.74) is 15.6. The molecule has 9 amide bonds. The molecule has 0 unspecified atom stereocenters. The van der Waals surface area contributed by atoms with E-state index in [4.69, 9.17) is 17.2 Å². The van der Waals surface area contributed by atoms with Crippen molar-refractivity contribution in [1.29, 1.82) is 0 Å². The van der Waals surface area contributed by atoms with Crippen LogP contribution in [0.15, 0.2) is 24.3 Å². The van der Waals surface area contributed by atoms with Crippen LogP contribution in [0.3, 0.4) is 0 Å². The molecule has 27 heteroatoms. The molecule has 7 atom stereocenters. The lowest BCUT2D eigenvalue weighted by molar-refractivity contribution is -0.385. The van der Waals surface area contributed by atoms with Gasteiger partial charge in [-0.25, -0.2) is 0 Å². The molecule has 3 rings (SSSR count). The molecule has 0 spiro atoms. The minimum absolute atomic E-state index is 0.197. The van der Waals surface area contributed by atoms with Gasteiger partial charge in [-0.05, 0) is 6.07 Å². The quantitative estimate of drug-likeness (QED) is 0.0691. The van der Waals surface area contributed by atoms with Gasteiger partial charge in [0.05, 0.1) is 48.6 Å². The third kappa shape index (κ3) is 13.6. The zero-order valence-corrected chi connectivity index (χ0v) is 31.9. The summed E-state index contributed by atoms with van der Waals surface area (Å²) >= 11 is 0. The van der Waals surface area contributed by atoms with Gasteiger partial charge in [0.2, 0.25) is 53.2 Å². The zero-order chi connectivity index (χ0) is 43.3. The molecule has 25 nitrogen and oxygen atoms in total. The van der Waals surface area contributed by atoms with Crippen LogP contribution >= 0.6 is 21.6 Å². The van der Waals surface area contributed by atoms with E-state index in [1.54, 1.807) is 0 Å². The Morgan fingerprint density at radius 2 is 1.45 bits per heavy atom. The van der Waals surface area contributed by atoms with E-state index in [0.717, 1.165) is 38.6 Å². The molecule has 0 aliphatic carbocycles. The molecule has 2 saturated heterocycles. The van der Waals surface area contributed by atoms with Gasteiger partial charge in [-0.2, -0.15) is 0 Å². The first-order valence-corrected chi connectivity index (χ1v) is 19.5. The van der Waals surface area contributed by atoms with Crippen LogP contribution in [0.5, 0.6) is 0 Å². The number of benzene rings is 1. The summed E-state index contributed by atoms with van der Waals surface area (Å²) in [4.78, 5) is 140. The lowest BCUT2D eigenvalue weighted by Crippen LogP contribution is -2.57. The van der Waals surface area contributed by atoms with Crippen molar-refractivity contribution in [3.63, 3.8) is 0 Å². The van der Waals surface area contributed by atoms with Crippen LogP contribution in [0.1, 0.15) is 30.9 Å². The summed E-state index contributed by atoms with van der Waals surface area (Å²) in [6.07, 6.45) is -3.38. The summed E-state index contributed by atoms with van der Waals surface area (Å²) < 4.78 is 0. The lowest BCUT2D eigenvalue weighted by Gasteiger charge is -2.27. The fraction of sp³-hybridized carbons (Fsp3) is 0.484. The largest absolute Gasteiger partial charge is 0.481 e. The number of nitro groups is 1. The number of amides is 9. The maximum absolute atomic E-state index is 13.5. The molecule has 2 fully saturated rings. The number of carboxylic acids is 1. The molecule has 58 heavy (non-hydrogen) atoms. The van der Waals surface area contributed by atoms with Crippen molar-refractivity contribution in [2.45, 2.75) is 61.6 Å². The van der Waals surface area contributed by atoms with Gasteiger partial charge in [-0.3, -0.25) is 58.1 Å². The van der Waals surface area contributed by atoms with Gasteiger partial charge in [0.25, 0.3) is 5.69 Å². The number of hydrogen-bond acceptors (Lipinski definition) is 16. The highest BCUT2D eigenvalue weighted by molar-refractivity contribution is 8.76. The minimum Gasteiger partial charge on any atom is -0.481 e. The molecule has 1 aromatic carbocycles. The standard InChI is InChI=1S/C31H41N11O14S2/c32-15-11-57-58-12-18(26(34)49)39-29(52)16(6-21(33)44)38-30(53)20-5-13(43)10-41(20)23(46)9-36-31(54)25(14-3-1-2-4-19(14)42(55)56)40-22(45)8-35-28(51)17(7-24(47)48)37-27(15)50/h1-4,13,15-18,20,25,43H,5-12,32H2,(H2,33,44)(H2,34,49)(H,35,51)(H,36,54)(H,37,50)(H,38,53)(H,39,52)(H,40,45)(H,47,48)/t13-,15-,16+,17-,18-,20+,25+/m1/s1. The Hall–Kier alpha value is -6.06. The van der Waals surface area contributed by atoms with E-state index in [-0.39, 0.29) is 23.5 Å². The predicted molar refractivity (Wildman–Crippen MR) is 200 cm³/mol. The second kappa shape index (κ2) is 21.5. The van der Waals surface area contributed by atoms with E-state index in [0.29, 0.717) is 0 Å². The Balaban J connectivity index is 1.98. The molecule has 2 aliphatic rings. The van der Waals surface area contributed by atoms with Crippen molar-refractivity contribution in [3.8, 4) is 0 Å². The van der Waals surface area contributed by atoms with Gasteiger partial charge in [-0.15, -0.1) is 0 Å². The molecule has 316 valence electrons. The second-order valence-electron chi connectivity index (χ2n) is 12.7. The summed E-state index contributed by atoms with van der Waals surface area (Å²) in [6, 6.07) is -4.91. The Bertz CT molecular complexity index is 1820. The fourth-order valence-electron chi connectivity index (χ4n) is 5.51. The number of carbonyl (C=O) groups is 10. The average molecular weight is 856 g/mol. The lowest BCUT2D eigenvalue weighted by atomic mass is 10.0. The third-order valence-corrected chi connectivity index (χ3v) is 10.8. The number of carbonyl (C=O) groups excluding carboxylic acids is 9. The molecular weight excluding hydrogens is 815 g/mol. The van der Waals surface area contributed by atoms with Crippen LogP contribution in [0, 0.1) is 10.1 Å². The average Bonchev–Trinajstić information content (AvgIpc) is 3.56. The van der Waals surface area contributed by atoms with Crippen LogP contribution in [0.4, 0.5) is 5.69 Å². The first kappa shape index (κ1) is 46.3. The number of para-hydroxylation sites is 1. The van der Waals surface area contributed by atoms with E-state index >= 15 is 0 Å². The highest BCUT2D eigenvalue weighted by Crippen LogP contribution is 2.26. The number of aliphatic carboxylic acids is 1. The van der Waals surface area contributed by atoms with Gasteiger partial charge in [0.1, 0.15) is 30.2 Å². The summed E-state index contributed by atoms with van der Waals surface area (Å²) in [5.74, 6) is -11.6. The Kier molecular flexibility index (Phi) is 17.1. The van der Waals surface area contributed by atoms with Gasteiger partial charge >= 0.3 is 5.97 Å². The number of aliphatic hydroxyl groups excluding tert-OH is 1. The molecule has 0 aromatic heterocycles. The molecule has 2 heterocycles. The van der Waals surface area contributed by atoms with Gasteiger partial charge in [0.15, 0.2) is 0 Å². The van der Waals surface area contributed by atoms with E-state index in [1.807, 2.05) is 0 Å². The van der Waals surface area contributed by atoms with Crippen LogP contribution in [-0.4, -0.2) is 147 Å². The number of nitro benzene ring substituents is 1. The number of primary amides is 2. The summed E-state index contributed by atoms with van der Waals surface area (Å²) in [6.45, 7) is -2.28. The number of nitrogens with two attached hydrogens (primary N) is 3. The highest BCUT2D eigenvalue weighted by atomic mass is 33.1. The SMILES string of the molecule is NC(=O)C[C@@H]1NC(=O)[C@@H]2C[C@@H](O)CN2C(=O)CNC(=O)[C@H](c2ccccc2[N+](=O)[O-])NC(=O)CNC(=O)[C@@H](CC(=O)O)NC(=O)[C@H](N)CSSC[C@H](C(N)=O)NC1=O. The van der Waals surface area contributed by atoms with Crippen LogP contribution in [0.2, 0.25) is 0 Å². The normalized spacial score (nSPS) is 26.4.